The molecular formula is C11H16N4O2. The van der Waals surface area contributed by atoms with Gasteiger partial charge in [0, 0.05) is 18.4 Å². The molecule has 2 aromatic heterocycles. The second-order valence-electron chi connectivity index (χ2n) is 4.04. The Balaban J connectivity index is 2.06. The Hall–Kier alpha value is -1.69. The van der Waals surface area contributed by atoms with E-state index in [1.165, 1.54) is 0 Å². The summed E-state index contributed by atoms with van der Waals surface area (Å²) in [5, 5.41) is 20.7. The number of hydrogen-bond donors (Lipinski definition) is 1. The van der Waals surface area contributed by atoms with E-state index in [0.717, 1.165) is 29.1 Å². The topological polar surface area (TPSA) is 77.0 Å². The predicted octanol–water partition coefficient (Wildman–Crippen LogP) is 0.856. The predicted molar refractivity (Wildman–Crippen MR) is 60.5 cm³/mol. The molecule has 0 aromatic carbocycles. The standard InChI is InChI=1S/C11H16N4O2/c1-8-11(9(2)17-13-8)7-15-6-10(12-14-15)4-3-5-16/h6,16H,3-5,7H2,1-2H3. The van der Waals surface area contributed by atoms with Gasteiger partial charge in [0.05, 0.1) is 17.9 Å². The van der Waals surface area contributed by atoms with Crippen LogP contribution >= 0.6 is 0 Å². The van der Waals surface area contributed by atoms with Crippen molar-refractivity contribution in [1.82, 2.24) is 20.2 Å². The molecule has 0 fully saturated rings. The van der Waals surface area contributed by atoms with Crippen molar-refractivity contribution in [2.24, 2.45) is 0 Å². The lowest BCUT2D eigenvalue weighted by atomic mass is 10.2. The fourth-order valence-electron chi connectivity index (χ4n) is 1.68. The Bertz CT molecular complexity index is 470. The second-order valence-corrected chi connectivity index (χ2v) is 4.04. The fraction of sp³-hybridized carbons (Fsp3) is 0.545. The first kappa shape index (κ1) is 11.8. The van der Waals surface area contributed by atoms with Gasteiger partial charge in [-0.05, 0) is 26.7 Å². The maximum absolute atomic E-state index is 8.74. The number of hydrogen-bond acceptors (Lipinski definition) is 5. The van der Waals surface area contributed by atoms with Gasteiger partial charge in [0.1, 0.15) is 5.76 Å². The lowest BCUT2D eigenvalue weighted by Crippen LogP contribution is -2.02. The van der Waals surface area contributed by atoms with E-state index in [2.05, 4.69) is 15.5 Å². The highest BCUT2D eigenvalue weighted by atomic mass is 16.5. The van der Waals surface area contributed by atoms with Crippen molar-refractivity contribution in [3.05, 3.63) is 28.9 Å². The van der Waals surface area contributed by atoms with Gasteiger partial charge in [0.15, 0.2) is 0 Å². The first-order valence-corrected chi connectivity index (χ1v) is 5.62. The van der Waals surface area contributed by atoms with E-state index < -0.39 is 0 Å². The van der Waals surface area contributed by atoms with Gasteiger partial charge in [-0.2, -0.15) is 0 Å². The summed E-state index contributed by atoms with van der Waals surface area (Å²) in [4.78, 5) is 0. The zero-order valence-corrected chi connectivity index (χ0v) is 10.1. The molecule has 17 heavy (non-hydrogen) atoms. The summed E-state index contributed by atoms with van der Waals surface area (Å²) in [6, 6.07) is 0. The van der Waals surface area contributed by atoms with Crippen LogP contribution < -0.4 is 0 Å². The Kier molecular flexibility index (Phi) is 3.53. The van der Waals surface area contributed by atoms with E-state index >= 15 is 0 Å². The first-order chi connectivity index (χ1) is 8.20. The average Bonchev–Trinajstić information content (AvgIpc) is 2.88. The summed E-state index contributed by atoms with van der Waals surface area (Å²) in [6.07, 6.45) is 3.35. The summed E-state index contributed by atoms with van der Waals surface area (Å²) >= 11 is 0. The fourth-order valence-corrected chi connectivity index (χ4v) is 1.68. The molecular weight excluding hydrogens is 220 g/mol. The molecule has 0 spiro atoms. The number of aromatic nitrogens is 4. The number of aryl methyl sites for hydroxylation is 3. The third-order valence-corrected chi connectivity index (χ3v) is 2.68. The largest absolute Gasteiger partial charge is 0.396 e. The number of aliphatic hydroxyl groups is 1. The maximum atomic E-state index is 8.74. The molecule has 0 saturated carbocycles. The molecule has 2 heterocycles. The summed E-state index contributed by atoms with van der Waals surface area (Å²) in [5.74, 6) is 0.815. The number of aliphatic hydroxyl groups excluding tert-OH is 1. The van der Waals surface area contributed by atoms with Gasteiger partial charge in [-0.1, -0.05) is 10.4 Å². The van der Waals surface area contributed by atoms with Gasteiger partial charge in [-0.3, -0.25) is 0 Å². The third-order valence-electron chi connectivity index (χ3n) is 2.68. The summed E-state index contributed by atoms with van der Waals surface area (Å²) in [7, 11) is 0. The molecule has 0 unspecified atom stereocenters. The van der Waals surface area contributed by atoms with Crippen molar-refractivity contribution in [2.45, 2.75) is 33.2 Å². The van der Waals surface area contributed by atoms with E-state index in [9.17, 15) is 0 Å². The first-order valence-electron chi connectivity index (χ1n) is 5.62. The molecule has 2 rings (SSSR count). The highest BCUT2D eigenvalue weighted by Gasteiger charge is 2.10. The smallest absolute Gasteiger partial charge is 0.138 e. The van der Waals surface area contributed by atoms with Gasteiger partial charge in [-0.25, -0.2) is 4.68 Å². The van der Waals surface area contributed by atoms with Crippen molar-refractivity contribution >= 4 is 0 Å². The van der Waals surface area contributed by atoms with Crippen molar-refractivity contribution in [3.8, 4) is 0 Å². The zero-order chi connectivity index (χ0) is 12.3. The molecule has 0 aliphatic rings. The summed E-state index contributed by atoms with van der Waals surface area (Å²) in [5.41, 5.74) is 2.82. The molecule has 0 bridgehead atoms. The summed E-state index contributed by atoms with van der Waals surface area (Å²) in [6.45, 7) is 4.60. The molecule has 0 saturated heterocycles. The van der Waals surface area contributed by atoms with Gasteiger partial charge >= 0.3 is 0 Å². The average molecular weight is 236 g/mol. The minimum atomic E-state index is 0.177. The quantitative estimate of drug-likeness (QED) is 0.833. The van der Waals surface area contributed by atoms with Crippen molar-refractivity contribution < 1.29 is 9.63 Å². The van der Waals surface area contributed by atoms with E-state index in [4.69, 9.17) is 9.63 Å². The Morgan fingerprint density at radius 1 is 1.41 bits per heavy atom. The molecule has 6 nitrogen and oxygen atoms in total. The van der Waals surface area contributed by atoms with Crippen molar-refractivity contribution in [3.63, 3.8) is 0 Å². The van der Waals surface area contributed by atoms with Crippen LogP contribution in [0.1, 0.15) is 29.1 Å². The molecule has 92 valence electrons. The normalized spacial score (nSPS) is 11.0. The Labute approximate surface area is 99.2 Å². The SMILES string of the molecule is Cc1noc(C)c1Cn1cc(CCCO)nn1. The highest BCUT2D eigenvalue weighted by molar-refractivity contribution is 5.20. The van der Waals surface area contributed by atoms with Crippen LogP contribution in [0.4, 0.5) is 0 Å². The van der Waals surface area contributed by atoms with E-state index in [0.29, 0.717) is 13.0 Å². The van der Waals surface area contributed by atoms with Gasteiger partial charge in [0.25, 0.3) is 0 Å². The Morgan fingerprint density at radius 3 is 2.88 bits per heavy atom. The maximum Gasteiger partial charge on any atom is 0.138 e. The second kappa shape index (κ2) is 5.09. The lowest BCUT2D eigenvalue weighted by Gasteiger charge is -1.98. The molecule has 6 heteroatoms. The molecule has 2 aromatic rings. The van der Waals surface area contributed by atoms with Gasteiger partial charge in [-0.15, -0.1) is 5.10 Å². The highest BCUT2D eigenvalue weighted by Crippen LogP contribution is 2.13. The monoisotopic (exact) mass is 236 g/mol. The molecule has 1 N–H and O–H groups in total. The molecule has 0 atom stereocenters. The van der Waals surface area contributed by atoms with Crippen LogP contribution in [-0.2, 0) is 13.0 Å². The van der Waals surface area contributed by atoms with E-state index in [1.54, 1.807) is 4.68 Å². The van der Waals surface area contributed by atoms with Crippen LogP contribution in [-0.4, -0.2) is 31.9 Å². The third kappa shape index (κ3) is 2.71. The van der Waals surface area contributed by atoms with Crippen molar-refractivity contribution in [2.75, 3.05) is 6.61 Å². The van der Waals surface area contributed by atoms with Crippen LogP contribution in [0, 0.1) is 13.8 Å². The van der Waals surface area contributed by atoms with E-state index in [1.807, 2.05) is 20.0 Å². The van der Waals surface area contributed by atoms with Gasteiger partial charge < -0.3 is 9.63 Å². The summed E-state index contributed by atoms with van der Waals surface area (Å²) < 4.78 is 6.86. The zero-order valence-electron chi connectivity index (χ0n) is 10.1. The van der Waals surface area contributed by atoms with Crippen LogP contribution in [0.15, 0.2) is 10.7 Å². The molecule has 0 amide bonds. The number of rotatable bonds is 5. The molecule has 0 radical (unpaired) electrons. The number of nitrogens with zero attached hydrogens (tertiary/aromatic N) is 4. The van der Waals surface area contributed by atoms with E-state index in [-0.39, 0.29) is 6.61 Å². The van der Waals surface area contributed by atoms with Gasteiger partial charge in [0.2, 0.25) is 0 Å². The minimum Gasteiger partial charge on any atom is -0.396 e. The van der Waals surface area contributed by atoms with Crippen LogP contribution in [0.2, 0.25) is 0 Å². The Morgan fingerprint density at radius 2 is 2.24 bits per heavy atom. The van der Waals surface area contributed by atoms with Crippen LogP contribution in [0.3, 0.4) is 0 Å². The lowest BCUT2D eigenvalue weighted by molar-refractivity contribution is 0.288. The molecule has 0 aliphatic heterocycles. The molecule has 0 aliphatic carbocycles. The van der Waals surface area contributed by atoms with Crippen LogP contribution in [0.5, 0.6) is 0 Å². The minimum absolute atomic E-state index is 0.177. The van der Waals surface area contributed by atoms with Crippen molar-refractivity contribution in [1.29, 1.82) is 0 Å². The van der Waals surface area contributed by atoms with Crippen LogP contribution in [0.25, 0.3) is 0 Å².